The number of thiophene rings is 1. The lowest BCUT2D eigenvalue weighted by molar-refractivity contribution is 0.0700. The van der Waals surface area contributed by atoms with Crippen molar-refractivity contribution in [1.82, 2.24) is 15.0 Å². The van der Waals surface area contributed by atoms with Gasteiger partial charge in [0.05, 0.1) is 10.8 Å². The monoisotopic (exact) mass is 319 g/mol. The van der Waals surface area contributed by atoms with Crippen LogP contribution < -0.4 is 0 Å². The van der Waals surface area contributed by atoms with Crippen molar-refractivity contribution in [1.29, 1.82) is 0 Å². The fourth-order valence-electron chi connectivity index (χ4n) is 2.72. The van der Waals surface area contributed by atoms with E-state index in [1.807, 2.05) is 22.4 Å². The number of nitrogens with zero attached hydrogens (tertiary/aromatic N) is 3. The lowest BCUT2D eigenvalue weighted by Crippen LogP contribution is -2.38. The fourth-order valence-corrected chi connectivity index (χ4v) is 3.41. The van der Waals surface area contributed by atoms with Crippen LogP contribution in [0.3, 0.4) is 0 Å². The molecular weight excluding hydrogens is 298 g/mol. The summed E-state index contributed by atoms with van der Waals surface area (Å²) >= 11 is 1.49. The Balaban J connectivity index is 1.70. The minimum atomic E-state index is 0.112. The summed E-state index contributed by atoms with van der Waals surface area (Å²) in [6.45, 7) is 5.68. The summed E-state index contributed by atoms with van der Waals surface area (Å²) in [6, 6.07) is 3.79. The molecule has 6 heteroatoms. The standard InChI is InChI=1S/C16H21N3O2S/c1-3-11(2)14-17-15(21-18-14)12-6-4-8-19(10-12)16(20)13-7-5-9-22-13/h5,7,9,11-12H,3-4,6,8,10H2,1-2H3/t11-,12-/m1/s1. The van der Waals surface area contributed by atoms with Crippen molar-refractivity contribution in [2.45, 2.75) is 44.9 Å². The molecule has 1 aliphatic rings. The zero-order chi connectivity index (χ0) is 15.5. The maximum absolute atomic E-state index is 12.5. The molecule has 0 saturated carbocycles. The van der Waals surface area contributed by atoms with Crippen LogP contribution in [0.15, 0.2) is 22.0 Å². The Labute approximate surface area is 134 Å². The van der Waals surface area contributed by atoms with Gasteiger partial charge < -0.3 is 9.42 Å². The normalized spacial score (nSPS) is 20.1. The van der Waals surface area contributed by atoms with Crippen LogP contribution in [0.2, 0.25) is 0 Å². The summed E-state index contributed by atoms with van der Waals surface area (Å²) < 4.78 is 5.45. The minimum absolute atomic E-state index is 0.112. The van der Waals surface area contributed by atoms with Crippen LogP contribution >= 0.6 is 11.3 Å². The van der Waals surface area contributed by atoms with E-state index >= 15 is 0 Å². The van der Waals surface area contributed by atoms with Crippen molar-refractivity contribution in [2.75, 3.05) is 13.1 Å². The van der Waals surface area contributed by atoms with Crippen LogP contribution in [0.5, 0.6) is 0 Å². The van der Waals surface area contributed by atoms with Gasteiger partial charge in [-0.15, -0.1) is 11.3 Å². The highest BCUT2D eigenvalue weighted by molar-refractivity contribution is 7.12. The van der Waals surface area contributed by atoms with Gasteiger partial charge in [-0.1, -0.05) is 25.1 Å². The third-order valence-corrected chi connectivity index (χ3v) is 5.16. The molecule has 0 radical (unpaired) electrons. The van der Waals surface area contributed by atoms with Gasteiger partial charge in [-0.05, 0) is 30.7 Å². The van der Waals surface area contributed by atoms with Crippen molar-refractivity contribution < 1.29 is 9.32 Å². The average molecular weight is 319 g/mol. The van der Waals surface area contributed by atoms with E-state index in [4.69, 9.17) is 4.52 Å². The number of rotatable bonds is 4. The highest BCUT2D eigenvalue weighted by atomic mass is 32.1. The Morgan fingerprint density at radius 3 is 3.18 bits per heavy atom. The molecule has 1 amide bonds. The second kappa shape index (κ2) is 6.60. The zero-order valence-electron chi connectivity index (χ0n) is 13.0. The van der Waals surface area contributed by atoms with Gasteiger partial charge in [-0.3, -0.25) is 4.79 Å². The Hall–Kier alpha value is -1.69. The molecule has 118 valence electrons. The van der Waals surface area contributed by atoms with Crippen molar-refractivity contribution in [3.8, 4) is 0 Å². The first kappa shape index (κ1) is 15.2. The van der Waals surface area contributed by atoms with Crippen molar-refractivity contribution in [2.24, 2.45) is 0 Å². The van der Waals surface area contributed by atoms with Crippen LogP contribution in [0.4, 0.5) is 0 Å². The average Bonchev–Trinajstić information content (AvgIpc) is 3.25. The molecule has 1 aliphatic heterocycles. The summed E-state index contributed by atoms with van der Waals surface area (Å²) in [5, 5.41) is 6.03. The molecule has 0 unspecified atom stereocenters. The van der Waals surface area contributed by atoms with Gasteiger partial charge in [0.2, 0.25) is 5.89 Å². The molecule has 1 saturated heterocycles. The lowest BCUT2D eigenvalue weighted by Gasteiger charge is -2.30. The van der Waals surface area contributed by atoms with Gasteiger partial charge in [-0.2, -0.15) is 4.98 Å². The van der Waals surface area contributed by atoms with E-state index in [0.717, 1.165) is 36.5 Å². The van der Waals surface area contributed by atoms with Crippen LogP contribution in [0, 0.1) is 0 Å². The Morgan fingerprint density at radius 1 is 1.59 bits per heavy atom. The molecule has 3 rings (SSSR count). The maximum Gasteiger partial charge on any atom is 0.263 e. The smallest absolute Gasteiger partial charge is 0.263 e. The molecule has 2 atom stereocenters. The zero-order valence-corrected chi connectivity index (χ0v) is 13.8. The number of carbonyl (C=O) groups is 1. The Kier molecular flexibility index (Phi) is 4.57. The minimum Gasteiger partial charge on any atom is -0.339 e. The molecule has 0 spiro atoms. The van der Waals surface area contributed by atoms with E-state index in [1.54, 1.807) is 0 Å². The van der Waals surface area contributed by atoms with Crippen molar-refractivity contribution >= 4 is 17.2 Å². The van der Waals surface area contributed by atoms with Gasteiger partial charge in [0, 0.05) is 19.0 Å². The molecule has 0 aromatic carbocycles. The first-order valence-corrected chi connectivity index (χ1v) is 8.73. The molecular formula is C16H21N3O2S. The summed E-state index contributed by atoms with van der Waals surface area (Å²) in [5.74, 6) is 2.03. The molecule has 1 fully saturated rings. The second-order valence-electron chi connectivity index (χ2n) is 5.87. The number of hydrogen-bond acceptors (Lipinski definition) is 5. The molecule has 2 aromatic rings. The first-order valence-electron chi connectivity index (χ1n) is 7.85. The van der Waals surface area contributed by atoms with Crippen LogP contribution in [0.1, 0.15) is 66.3 Å². The third kappa shape index (κ3) is 3.06. The van der Waals surface area contributed by atoms with Crippen molar-refractivity contribution in [3.05, 3.63) is 34.1 Å². The van der Waals surface area contributed by atoms with Gasteiger partial charge in [0.1, 0.15) is 0 Å². The maximum atomic E-state index is 12.5. The first-order chi connectivity index (χ1) is 10.7. The topological polar surface area (TPSA) is 59.2 Å². The van der Waals surface area contributed by atoms with Gasteiger partial charge in [0.25, 0.3) is 5.91 Å². The van der Waals surface area contributed by atoms with Crippen LogP contribution in [-0.4, -0.2) is 34.0 Å². The van der Waals surface area contributed by atoms with E-state index in [9.17, 15) is 4.79 Å². The van der Waals surface area contributed by atoms with Gasteiger partial charge in [-0.25, -0.2) is 0 Å². The number of likely N-dealkylation sites (tertiary alicyclic amines) is 1. The largest absolute Gasteiger partial charge is 0.339 e. The molecule has 0 N–H and O–H groups in total. The molecule has 5 nitrogen and oxygen atoms in total. The van der Waals surface area contributed by atoms with Crippen LogP contribution in [0.25, 0.3) is 0 Å². The third-order valence-electron chi connectivity index (χ3n) is 4.30. The van der Waals surface area contributed by atoms with E-state index in [2.05, 4.69) is 24.0 Å². The number of hydrogen-bond donors (Lipinski definition) is 0. The van der Waals surface area contributed by atoms with Gasteiger partial charge >= 0.3 is 0 Å². The van der Waals surface area contributed by atoms with Gasteiger partial charge in [0.15, 0.2) is 5.82 Å². The molecule has 0 bridgehead atoms. The second-order valence-corrected chi connectivity index (χ2v) is 6.82. The predicted molar refractivity (Wildman–Crippen MR) is 85.2 cm³/mol. The van der Waals surface area contributed by atoms with E-state index in [-0.39, 0.29) is 11.8 Å². The fraction of sp³-hybridized carbons (Fsp3) is 0.562. The summed E-state index contributed by atoms with van der Waals surface area (Å²) in [6.07, 6.45) is 2.96. The van der Waals surface area contributed by atoms with E-state index < -0.39 is 0 Å². The quantitative estimate of drug-likeness (QED) is 0.863. The summed E-state index contributed by atoms with van der Waals surface area (Å²) in [4.78, 5) is 19.7. The molecule has 0 aliphatic carbocycles. The SMILES string of the molecule is CC[C@@H](C)c1noc([C@@H]2CCCN(C(=O)c3cccs3)C2)n1. The molecule has 22 heavy (non-hydrogen) atoms. The predicted octanol–water partition coefficient (Wildman–Crippen LogP) is 3.66. The number of amides is 1. The van der Waals surface area contributed by atoms with E-state index in [1.165, 1.54) is 11.3 Å². The Morgan fingerprint density at radius 2 is 2.45 bits per heavy atom. The highest BCUT2D eigenvalue weighted by Crippen LogP contribution is 2.28. The van der Waals surface area contributed by atoms with Crippen molar-refractivity contribution in [3.63, 3.8) is 0 Å². The van der Waals surface area contributed by atoms with E-state index in [0.29, 0.717) is 18.4 Å². The summed E-state index contributed by atoms with van der Waals surface area (Å²) in [7, 11) is 0. The van der Waals surface area contributed by atoms with Crippen LogP contribution in [-0.2, 0) is 0 Å². The number of aromatic nitrogens is 2. The number of piperidine rings is 1. The number of carbonyl (C=O) groups excluding carboxylic acids is 1. The molecule has 3 heterocycles. The molecule has 2 aromatic heterocycles. The Bertz CT molecular complexity index is 623. The highest BCUT2D eigenvalue weighted by Gasteiger charge is 2.29. The lowest BCUT2D eigenvalue weighted by atomic mass is 9.97. The summed E-state index contributed by atoms with van der Waals surface area (Å²) in [5.41, 5.74) is 0.